The molecule has 2 aliphatic heterocycles. The predicted octanol–water partition coefficient (Wildman–Crippen LogP) is 6.19. The van der Waals surface area contributed by atoms with E-state index in [9.17, 15) is 9.90 Å². The second kappa shape index (κ2) is 13.6. The van der Waals surface area contributed by atoms with Gasteiger partial charge in [-0.2, -0.15) is 0 Å². The van der Waals surface area contributed by atoms with Crippen molar-refractivity contribution in [2.45, 2.75) is 57.3 Å². The van der Waals surface area contributed by atoms with Gasteiger partial charge in [0, 0.05) is 6.07 Å². The fourth-order valence-electron chi connectivity index (χ4n) is 5.90. The number of ketones is 1. The Morgan fingerprint density at radius 1 is 0.795 bits per heavy atom. The molecule has 1 N–H and O–H groups in total. The van der Waals surface area contributed by atoms with E-state index in [1.54, 1.807) is 0 Å². The van der Waals surface area contributed by atoms with Crippen LogP contribution in [0.25, 0.3) is 0 Å². The Hall–Kier alpha value is -4.21. The lowest BCUT2D eigenvalue weighted by atomic mass is 9.90. The van der Waals surface area contributed by atoms with Crippen LogP contribution in [0.5, 0.6) is 17.2 Å². The van der Waals surface area contributed by atoms with Crippen LogP contribution in [0.2, 0.25) is 0 Å². The molecule has 6 rings (SSSR count). The highest BCUT2D eigenvalue weighted by Crippen LogP contribution is 2.53. The van der Waals surface area contributed by atoms with Crippen LogP contribution < -0.4 is 9.47 Å². The van der Waals surface area contributed by atoms with Gasteiger partial charge in [0.15, 0.2) is 11.9 Å². The van der Waals surface area contributed by atoms with E-state index in [0.29, 0.717) is 31.1 Å². The zero-order chi connectivity index (χ0) is 30.5. The van der Waals surface area contributed by atoms with Crippen molar-refractivity contribution in [3.05, 3.63) is 125 Å². The molecule has 8 heteroatoms. The van der Waals surface area contributed by atoms with Gasteiger partial charge in [-0.25, -0.2) is 0 Å². The summed E-state index contributed by atoms with van der Waals surface area (Å²) >= 11 is 0. The third-order valence-electron chi connectivity index (χ3n) is 7.96. The molecule has 2 aliphatic rings. The van der Waals surface area contributed by atoms with E-state index >= 15 is 0 Å². The first-order valence-corrected chi connectivity index (χ1v) is 14.7. The molecule has 1 fully saturated rings. The van der Waals surface area contributed by atoms with Gasteiger partial charge >= 0.3 is 0 Å². The normalized spacial score (nSPS) is 22.1. The lowest BCUT2D eigenvalue weighted by Crippen LogP contribution is -2.57. The molecule has 0 aliphatic carbocycles. The van der Waals surface area contributed by atoms with Crippen LogP contribution in [-0.4, -0.2) is 49.0 Å². The van der Waals surface area contributed by atoms with Gasteiger partial charge in [-0.15, -0.1) is 0 Å². The third-order valence-corrected chi connectivity index (χ3v) is 7.96. The molecule has 8 nitrogen and oxygen atoms in total. The first-order chi connectivity index (χ1) is 21.5. The molecule has 4 aromatic carbocycles. The molecule has 0 amide bonds. The first-order valence-electron chi connectivity index (χ1n) is 14.7. The SMILES string of the molecule is COc1c(C(C)=O)c(O)cc2c1[C@@H]1O[C@H](COCc3ccccc3)[C@@H](OCc3ccccc3)[C@H](OCc3ccccc3)[C@@H]1O2. The van der Waals surface area contributed by atoms with E-state index in [-0.39, 0.29) is 29.5 Å². The molecule has 1 saturated heterocycles. The van der Waals surface area contributed by atoms with E-state index in [1.165, 1.54) is 20.1 Å². The van der Waals surface area contributed by atoms with Crippen LogP contribution in [0.1, 0.15) is 45.6 Å². The Morgan fingerprint density at radius 2 is 1.34 bits per heavy atom. The molecule has 4 aromatic rings. The fraction of sp³-hybridized carbons (Fsp3) is 0.306. The van der Waals surface area contributed by atoms with Crippen LogP contribution in [0.15, 0.2) is 97.1 Å². The number of Topliss-reactive ketones (excluding diaryl/α,β-unsaturated/α-hetero) is 1. The number of rotatable bonds is 12. The van der Waals surface area contributed by atoms with E-state index in [4.69, 9.17) is 28.4 Å². The molecule has 0 saturated carbocycles. The summed E-state index contributed by atoms with van der Waals surface area (Å²) in [7, 11) is 1.47. The maximum Gasteiger partial charge on any atom is 0.167 e. The second-order valence-electron chi connectivity index (χ2n) is 11.0. The van der Waals surface area contributed by atoms with Crippen LogP contribution in [0.4, 0.5) is 0 Å². The number of carbonyl (C=O) groups excluding carboxylic acids is 1. The summed E-state index contributed by atoms with van der Waals surface area (Å²) < 4.78 is 38.3. The minimum absolute atomic E-state index is 0.0835. The Morgan fingerprint density at radius 3 is 1.89 bits per heavy atom. The largest absolute Gasteiger partial charge is 0.507 e. The number of methoxy groups -OCH3 is 1. The van der Waals surface area contributed by atoms with Crippen molar-refractivity contribution < 1.29 is 38.3 Å². The van der Waals surface area contributed by atoms with Crippen molar-refractivity contribution in [2.24, 2.45) is 0 Å². The van der Waals surface area contributed by atoms with Crippen molar-refractivity contribution in [1.82, 2.24) is 0 Å². The molecule has 44 heavy (non-hydrogen) atoms. The monoisotopic (exact) mass is 596 g/mol. The van der Waals surface area contributed by atoms with Gasteiger partial charge in [0.05, 0.1) is 39.1 Å². The molecule has 0 aromatic heterocycles. The Kier molecular flexibility index (Phi) is 9.23. The molecular formula is C36H36O8. The molecule has 2 heterocycles. The Labute approximate surface area is 257 Å². The molecule has 0 bridgehead atoms. The summed E-state index contributed by atoms with van der Waals surface area (Å²) in [5.41, 5.74) is 3.69. The molecule has 5 atom stereocenters. The standard InChI is InChI=1S/C36H36O8/c1-23(37)30-27(38)18-28-31(33(30)39-2)34-36(43-28)35(42-21-26-16-10-5-11-17-26)32(41-20-25-14-8-4-9-15-25)29(44-34)22-40-19-24-12-6-3-7-13-24/h3-18,29,32,34-36,38H,19-22H2,1-2H3/t29-,32-,34+,35+,36-/m1/s1. The average molecular weight is 597 g/mol. The molecule has 0 radical (unpaired) electrons. The quantitative estimate of drug-likeness (QED) is 0.194. The maximum absolute atomic E-state index is 12.6. The van der Waals surface area contributed by atoms with Crippen molar-refractivity contribution in [3.63, 3.8) is 0 Å². The smallest absolute Gasteiger partial charge is 0.167 e. The van der Waals surface area contributed by atoms with Crippen molar-refractivity contribution in [2.75, 3.05) is 13.7 Å². The molecular weight excluding hydrogens is 560 g/mol. The Balaban J connectivity index is 1.35. The van der Waals surface area contributed by atoms with Crippen LogP contribution >= 0.6 is 0 Å². The zero-order valence-electron chi connectivity index (χ0n) is 24.8. The van der Waals surface area contributed by atoms with Crippen molar-refractivity contribution >= 4 is 5.78 Å². The number of hydrogen-bond acceptors (Lipinski definition) is 8. The lowest BCUT2D eigenvalue weighted by Gasteiger charge is -2.43. The summed E-state index contributed by atoms with van der Waals surface area (Å²) in [6, 6.07) is 31.2. The number of ether oxygens (including phenoxy) is 6. The summed E-state index contributed by atoms with van der Waals surface area (Å²) in [6.45, 7) is 2.65. The average Bonchev–Trinajstić information content (AvgIpc) is 3.41. The van der Waals surface area contributed by atoms with E-state index in [1.807, 2.05) is 91.0 Å². The minimum Gasteiger partial charge on any atom is -0.507 e. The van der Waals surface area contributed by atoms with Crippen LogP contribution in [-0.2, 0) is 38.8 Å². The molecule has 228 valence electrons. The van der Waals surface area contributed by atoms with Crippen molar-refractivity contribution in [1.29, 1.82) is 0 Å². The summed E-state index contributed by atoms with van der Waals surface area (Å²) in [4.78, 5) is 12.6. The molecule has 0 unspecified atom stereocenters. The molecule has 0 spiro atoms. The van der Waals surface area contributed by atoms with Gasteiger partial charge in [-0.3, -0.25) is 4.79 Å². The summed E-state index contributed by atoms with van der Waals surface area (Å²) in [5, 5.41) is 10.7. The highest BCUT2D eigenvalue weighted by molar-refractivity contribution is 6.00. The second-order valence-corrected chi connectivity index (χ2v) is 11.0. The first kappa shape index (κ1) is 29.8. The zero-order valence-corrected chi connectivity index (χ0v) is 24.8. The van der Waals surface area contributed by atoms with Crippen LogP contribution in [0.3, 0.4) is 0 Å². The fourth-order valence-corrected chi connectivity index (χ4v) is 5.90. The number of aromatic hydroxyl groups is 1. The van der Waals surface area contributed by atoms with Crippen LogP contribution in [0, 0.1) is 0 Å². The third kappa shape index (κ3) is 6.34. The summed E-state index contributed by atoms with van der Waals surface area (Å²) in [6.07, 6.45) is -3.03. The van der Waals surface area contributed by atoms with Gasteiger partial charge in [0.2, 0.25) is 0 Å². The number of phenolic OH excluding ortho intramolecular Hbond substituents is 1. The van der Waals surface area contributed by atoms with E-state index in [0.717, 1.165) is 16.7 Å². The van der Waals surface area contributed by atoms with Gasteiger partial charge in [0.1, 0.15) is 47.2 Å². The van der Waals surface area contributed by atoms with Crippen molar-refractivity contribution in [3.8, 4) is 17.2 Å². The predicted molar refractivity (Wildman–Crippen MR) is 163 cm³/mol. The lowest BCUT2D eigenvalue weighted by molar-refractivity contribution is -0.250. The highest BCUT2D eigenvalue weighted by atomic mass is 16.6. The van der Waals surface area contributed by atoms with Gasteiger partial charge < -0.3 is 33.5 Å². The van der Waals surface area contributed by atoms with Gasteiger partial charge in [-0.05, 0) is 23.6 Å². The van der Waals surface area contributed by atoms with Gasteiger partial charge in [-0.1, -0.05) is 91.0 Å². The number of hydrogen-bond donors (Lipinski definition) is 1. The van der Waals surface area contributed by atoms with Gasteiger partial charge in [0.25, 0.3) is 0 Å². The number of carbonyl (C=O) groups is 1. The minimum atomic E-state index is -0.665. The maximum atomic E-state index is 12.6. The number of fused-ring (bicyclic) bond motifs is 3. The topological polar surface area (TPSA) is 92.7 Å². The van der Waals surface area contributed by atoms with E-state index in [2.05, 4.69) is 0 Å². The van der Waals surface area contributed by atoms with E-state index < -0.39 is 30.5 Å². The summed E-state index contributed by atoms with van der Waals surface area (Å²) in [5.74, 6) is 0.0629. The number of phenols is 1. The number of benzene rings is 4. The Bertz CT molecular complexity index is 1540. The highest BCUT2D eigenvalue weighted by Gasteiger charge is 2.54.